The van der Waals surface area contributed by atoms with Crippen LogP contribution >= 0.6 is 0 Å². The Morgan fingerprint density at radius 2 is 0.710 bits per heavy atom. The van der Waals surface area contributed by atoms with E-state index in [2.05, 4.69) is 12.1 Å². The summed E-state index contributed by atoms with van der Waals surface area (Å²) in [6.07, 6.45) is -10.0. The molecule has 62 heavy (non-hydrogen) atoms. The van der Waals surface area contributed by atoms with Crippen molar-refractivity contribution in [3.8, 4) is 56.9 Å². The molecule has 298 valence electrons. The second kappa shape index (κ2) is 14.3. The summed E-state index contributed by atoms with van der Waals surface area (Å²) in [4.78, 5) is 0. The quantitative estimate of drug-likeness (QED) is 0.162. The highest BCUT2D eigenvalue weighted by Gasteiger charge is 2.39. The lowest BCUT2D eigenvalue weighted by atomic mass is 9.93. The Bertz CT molecular complexity index is 3270. The standard InChI is InChI=1S/C52H28F6N4/c53-51(54,55)45-21-19-37(61-47-7-3-1-5-39(47)43-25-35(17-23-49(43)61)33-13-9-31(29-59)10-14-33)27-41(45)42-28-38(20-22-46(42)52(56,57)58)62-48-8-4-2-6-40(48)44-26-36(18-24-50(44)62)34-15-11-32(30-60)12-16-34/h1-28H. The molecule has 10 aromatic rings. The molecule has 4 nitrogen and oxygen atoms in total. The van der Waals surface area contributed by atoms with Gasteiger partial charge in [-0.05, 0) is 130 Å². The van der Waals surface area contributed by atoms with Crippen LogP contribution in [0, 0.1) is 22.7 Å². The van der Waals surface area contributed by atoms with E-state index in [1.54, 1.807) is 45.5 Å². The van der Waals surface area contributed by atoms with Gasteiger partial charge < -0.3 is 9.13 Å². The van der Waals surface area contributed by atoms with Crippen LogP contribution < -0.4 is 0 Å². The van der Waals surface area contributed by atoms with Gasteiger partial charge in [0.2, 0.25) is 0 Å². The highest BCUT2D eigenvalue weighted by molar-refractivity contribution is 6.11. The third-order valence-electron chi connectivity index (χ3n) is 11.5. The molecule has 0 N–H and O–H groups in total. The largest absolute Gasteiger partial charge is 0.417 e. The van der Waals surface area contributed by atoms with E-state index in [0.717, 1.165) is 55.9 Å². The van der Waals surface area contributed by atoms with Gasteiger partial charge in [0.05, 0.1) is 56.5 Å². The van der Waals surface area contributed by atoms with Crippen molar-refractivity contribution in [2.24, 2.45) is 0 Å². The fourth-order valence-corrected chi connectivity index (χ4v) is 8.62. The second-order valence-electron chi connectivity index (χ2n) is 15.0. The SMILES string of the molecule is N#Cc1ccc(-c2ccc3c(c2)c2ccccc2n3-c2ccc(C(F)(F)F)c(-c3cc(-n4c5ccccc5c5cc(-c6ccc(C#N)cc6)ccc54)ccc3C(F)(F)F)c2)cc1. The Morgan fingerprint density at radius 3 is 1.08 bits per heavy atom. The van der Waals surface area contributed by atoms with Gasteiger partial charge in [-0.1, -0.05) is 72.8 Å². The number of nitrogens with zero attached hydrogens (tertiary/aromatic N) is 4. The predicted octanol–water partition coefficient (Wildman–Crippen LogP) is 14.7. The van der Waals surface area contributed by atoms with E-state index < -0.39 is 34.6 Å². The number of benzene rings is 8. The summed E-state index contributed by atoms with van der Waals surface area (Å²) < 4.78 is 94.0. The summed E-state index contributed by atoms with van der Waals surface area (Å²) in [6.45, 7) is 0. The van der Waals surface area contributed by atoms with Crippen molar-refractivity contribution in [3.63, 3.8) is 0 Å². The molecular weight excluding hydrogens is 795 g/mol. The third-order valence-corrected chi connectivity index (χ3v) is 11.5. The van der Waals surface area contributed by atoms with Crippen molar-refractivity contribution in [2.75, 3.05) is 0 Å². The monoisotopic (exact) mass is 822 g/mol. The molecule has 0 spiro atoms. The van der Waals surface area contributed by atoms with Gasteiger partial charge in [-0.3, -0.25) is 0 Å². The Labute approximate surface area is 350 Å². The molecule has 0 unspecified atom stereocenters. The number of halogens is 6. The molecule has 0 saturated carbocycles. The Balaban J connectivity index is 1.19. The third kappa shape index (κ3) is 6.32. The molecule has 2 aromatic heterocycles. The molecule has 10 heteroatoms. The molecule has 0 amide bonds. The van der Waals surface area contributed by atoms with E-state index >= 15 is 26.3 Å². The number of rotatable bonds is 5. The number of hydrogen-bond donors (Lipinski definition) is 0. The summed E-state index contributed by atoms with van der Waals surface area (Å²) >= 11 is 0. The van der Waals surface area contributed by atoms with Crippen molar-refractivity contribution < 1.29 is 26.3 Å². The van der Waals surface area contributed by atoms with Crippen molar-refractivity contribution in [3.05, 3.63) is 192 Å². The maximum Gasteiger partial charge on any atom is 0.417 e. The highest BCUT2D eigenvalue weighted by Crippen LogP contribution is 2.46. The van der Waals surface area contributed by atoms with E-state index in [-0.39, 0.29) is 11.4 Å². The first-order valence-corrected chi connectivity index (χ1v) is 19.4. The fourth-order valence-electron chi connectivity index (χ4n) is 8.62. The lowest BCUT2D eigenvalue weighted by Crippen LogP contribution is -2.12. The smallest absolute Gasteiger partial charge is 0.309 e. The molecule has 0 atom stereocenters. The maximum atomic E-state index is 15.1. The first-order valence-electron chi connectivity index (χ1n) is 19.4. The lowest BCUT2D eigenvalue weighted by Gasteiger charge is -2.21. The summed E-state index contributed by atoms with van der Waals surface area (Å²) in [5.74, 6) is 0. The molecule has 0 aliphatic rings. The molecule has 0 aliphatic carbocycles. The average molecular weight is 823 g/mol. The Hall–Kier alpha value is -8.08. The topological polar surface area (TPSA) is 57.4 Å². The molecule has 0 radical (unpaired) electrons. The first-order chi connectivity index (χ1) is 29.9. The molecule has 10 rings (SSSR count). The van der Waals surface area contributed by atoms with Crippen molar-refractivity contribution >= 4 is 43.6 Å². The zero-order chi connectivity index (χ0) is 42.9. The van der Waals surface area contributed by atoms with Crippen molar-refractivity contribution in [1.29, 1.82) is 10.5 Å². The van der Waals surface area contributed by atoms with Crippen LogP contribution in [-0.2, 0) is 12.4 Å². The average Bonchev–Trinajstić information content (AvgIpc) is 3.80. The van der Waals surface area contributed by atoms with Crippen LogP contribution in [0.4, 0.5) is 26.3 Å². The predicted molar refractivity (Wildman–Crippen MR) is 231 cm³/mol. The van der Waals surface area contributed by atoms with Crippen LogP contribution in [0.2, 0.25) is 0 Å². The fraction of sp³-hybridized carbons (Fsp3) is 0.0385. The number of alkyl halides is 6. The van der Waals surface area contributed by atoms with E-state index in [1.165, 1.54) is 24.3 Å². The molecule has 0 bridgehead atoms. The zero-order valence-electron chi connectivity index (χ0n) is 32.2. The van der Waals surface area contributed by atoms with Gasteiger partial charge in [0.25, 0.3) is 0 Å². The molecule has 0 aliphatic heterocycles. The summed E-state index contributed by atoms with van der Waals surface area (Å²) in [5.41, 5.74) is 3.86. The van der Waals surface area contributed by atoms with Crippen molar-refractivity contribution in [2.45, 2.75) is 12.4 Å². The minimum atomic E-state index is -5.00. The molecule has 8 aromatic carbocycles. The minimum Gasteiger partial charge on any atom is -0.309 e. The minimum absolute atomic E-state index is 0.246. The van der Waals surface area contributed by atoms with Crippen LogP contribution in [0.15, 0.2) is 170 Å². The van der Waals surface area contributed by atoms with Gasteiger partial charge in [0.15, 0.2) is 0 Å². The molecule has 0 saturated heterocycles. The van der Waals surface area contributed by atoms with Gasteiger partial charge in [-0.15, -0.1) is 0 Å². The van der Waals surface area contributed by atoms with Gasteiger partial charge in [0, 0.05) is 32.9 Å². The molecule has 2 heterocycles. The second-order valence-corrected chi connectivity index (χ2v) is 15.0. The van der Waals surface area contributed by atoms with Gasteiger partial charge in [-0.25, -0.2) is 0 Å². The first kappa shape index (κ1) is 38.1. The summed E-state index contributed by atoms with van der Waals surface area (Å²) in [7, 11) is 0. The normalized spacial score (nSPS) is 12.0. The summed E-state index contributed by atoms with van der Waals surface area (Å²) in [6, 6.07) is 51.2. The van der Waals surface area contributed by atoms with Gasteiger partial charge in [0.1, 0.15) is 0 Å². The number of fused-ring (bicyclic) bond motifs is 6. The number of nitriles is 2. The van der Waals surface area contributed by atoms with E-state index in [9.17, 15) is 10.5 Å². The Kier molecular flexibility index (Phi) is 8.79. The maximum absolute atomic E-state index is 15.1. The van der Waals surface area contributed by atoms with Crippen LogP contribution in [0.3, 0.4) is 0 Å². The van der Waals surface area contributed by atoms with Crippen LogP contribution in [0.25, 0.3) is 88.4 Å². The highest BCUT2D eigenvalue weighted by atomic mass is 19.4. The molecular formula is C52H28F6N4. The summed E-state index contributed by atoms with van der Waals surface area (Å²) in [5, 5.41) is 21.7. The van der Waals surface area contributed by atoms with E-state index in [4.69, 9.17) is 0 Å². The van der Waals surface area contributed by atoms with Crippen LogP contribution in [-0.4, -0.2) is 9.13 Å². The van der Waals surface area contributed by atoms with E-state index in [1.807, 2.05) is 97.1 Å². The van der Waals surface area contributed by atoms with Crippen LogP contribution in [0.5, 0.6) is 0 Å². The van der Waals surface area contributed by atoms with Gasteiger partial charge in [-0.2, -0.15) is 36.9 Å². The number of aromatic nitrogens is 2. The lowest BCUT2D eigenvalue weighted by molar-refractivity contribution is -0.139. The molecule has 0 fully saturated rings. The zero-order valence-corrected chi connectivity index (χ0v) is 32.2. The van der Waals surface area contributed by atoms with Gasteiger partial charge >= 0.3 is 12.4 Å². The number of para-hydroxylation sites is 2. The Morgan fingerprint density at radius 1 is 0.355 bits per heavy atom. The van der Waals surface area contributed by atoms with E-state index in [0.29, 0.717) is 33.2 Å². The number of hydrogen-bond acceptors (Lipinski definition) is 2. The van der Waals surface area contributed by atoms with Crippen molar-refractivity contribution in [1.82, 2.24) is 9.13 Å². The van der Waals surface area contributed by atoms with Crippen LogP contribution in [0.1, 0.15) is 22.3 Å².